The second-order valence-corrected chi connectivity index (χ2v) is 9.35. The van der Waals surface area contributed by atoms with Crippen molar-refractivity contribution < 1.29 is 4.92 Å². The topological polar surface area (TPSA) is 43.1 Å². The fourth-order valence-corrected chi connectivity index (χ4v) is 4.49. The maximum absolute atomic E-state index is 11.0. The number of non-ortho nitro benzene ring substituents is 1. The molecule has 2 aromatic rings. The molecule has 1 atom stereocenters. The van der Waals surface area contributed by atoms with Gasteiger partial charge in [0.05, 0.1) is 4.92 Å². The van der Waals surface area contributed by atoms with Crippen LogP contribution in [-0.4, -0.2) is 4.92 Å². The molecule has 0 bridgehead atoms. The highest BCUT2D eigenvalue weighted by atomic mass is 32.2. The van der Waals surface area contributed by atoms with Crippen LogP contribution in [0.1, 0.15) is 49.9 Å². The largest absolute Gasteiger partial charge is 0.269 e. The lowest BCUT2D eigenvalue weighted by Gasteiger charge is -2.42. The van der Waals surface area contributed by atoms with Crippen LogP contribution in [0.15, 0.2) is 41.3 Å². The van der Waals surface area contributed by atoms with Gasteiger partial charge in [0, 0.05) is 21.8 Å². The van der Waals surface area contributed by atoms with E-state index in [0.717, 1.165) is 5.56 Å². The predicted octanol–water partition coefficient (Wildman–Crippen LogP) is 6.57. The molecular formula is C21H27NO2S. The molecule has 4 heteroatoms. The molecule has 2 aromatic carbocycles. The quantitative estimate of drug-likeness (QED) is 0.353. The molecule has 0 aromatic heterocycles. The zero-order chi connectivity index (χ0) is 19.0. The van der Waals surface area contributed by atoms with Crippen LogP contribution in [0.5, 0.6) is 0 Å². The Morgan fingerprint density at radius 3 is 1.80 bits per heavy atom. The number of hydrogen-bond donors (Lipinski definition) is 0. The smallest absolute Gasteiger partial charge is 0.258 e. The molecule has 0 N–H and O–H groups in total. The fraction of sp³-hybridized carbons (Fsp3) is 0.429. The van der Waals surface area contributed by atoms with E-state index in [1.807, 2.05) is 23.9 Å². The minimum atomic E-state index is -0.348. The number of benzene rings is 2. The first kappa shape index (κ1) is 19.5. The molecule has 0 radical (unpaired) electrons. The molecule has 0 aliphatic carbocycles. The van der Waals surface area contributed by atoms with E-state index in [0.29, 0.717) is 0 Å². The summed E-state index contributed by atoms with van der Waals surface area (Å²) in [7, 11) is 0. The number of nitro groups is 1. The Morgan fingerprint density at radius 2 is 1.40 bits per heavy atom. The highest BCUT2D eigenvalue weighted by molar-refractivity contribution is 8.00. The highest BCUT2D eigenvalue weighted by Gasteiger charge is 2.41. The van der Waals surface area contributed by atoms with Gasteiger partial charge in [-0.15, -0.1) is 11.8 Å². The van der Waals surface area contributed by atoms with Crippen molar-refractivity contribution in [3.8, 4) is 0 Å². The molecule has 0 aliphatic heterocycles. The summed E-state index contributed by atoms with van der Waals surface area (Å²) in [6, 6.07) is 11.4. The Kier molecular flexibility index (Phi) is 5.33. The van der Waals surface area contributed by atoms with E-state index in [1.54, 1.807) is 12.1 Å². The van der Waals surface area contributed by atoms with Crippen LogP contribution in [0.4, 0.5) is 5.69 Å². The van der Waals surface area contributed by atoms with E-state index >= 15 is 0 Å². The van der Waals surface area contributed by atoms with Crippen LogP contribution in [0.2, 0.25) is 0 Å². The molecule has 0 saturated heterocycles. The SMILES string of the molecule is Cc1cc(C)c(SC(C)(c2ccc([N+](=O)[O-])cc2)C(C)(C)C)c(C)c1. The molecule has 0 fully saturated rings. The van der Waals surface area contributed by atoms with Crippen molar-refractivity contribution in [1.82, 2.24) is 0 Å². The van der Waals surface area contributed by atoms with Gasteiger partial charge in [-0.1, -0.05) is 50.6 Å². The van der Waals surface area contributed by atoms with E-state index in [2.05, 4.69) is 60.6 Å². The van der Waals surface area contributed by atoms with Crippen molar-refractivity contribution in [3.05, 3.63) is 68.8 Å². The molecule has 0 spiro atoms. The minimum absolute atomic E-state index is 0.0302. The summed E-state index contributed by atoms with van der Waals surface area (Å²) in [4.78, 5) is 11.9. The van der Waals surface area contributed by atoms with E-state index in [1.165, 1.54) is 21.6 Å². The summed E-state index contributed by atoms with van der Waals surface area (Å²) in [6.45, 7) is 15.3. The van der Waals surface area contributed by atoms with Crippen molar-refractivity contribution in [2.45, 2.75) is 58.1 Å². The number of rotatable bonds is 4. The Bertz CT molecular complexity index is 768. The molecule has 0 aliphatic rings. The summed E-state index contributed by atoms with van der Waals surface area (Å²) in [5.41, 5.74) is 5.03. The van der Waals surface area contributed by atoms with Crippen LogP contribution >= 0.6 is 11.8 Å². The van der Waals surface area contributed by atoms with Crippen LogP contribution in [0.3, 0.4) is 0 Å². The minimum Gasteiger partial charge on any atom is -0.258 e. The predicted molar refractivity (Wildman–Crippen MR) is 106 cm³/mol. The number of nitro benzene ring substituents is 1. The normalized spacial score (nSPS) is 14.2. The summed E-state index contributed by atoms with van der Waals surface area (Å²) < 4.78 is -0.215. The third-order valence-electron chi connectivity index (χ3n) is 4.97. The first-order valence-corrected chi connectivity index (χ1v) is 9.29. The number of hydrogen-bond acceptors (Lipinski definition) is 3. The van der Waals surface area contributed by atoms with Crippen LogP contribution < -0.4 is 0 Å². The van der Waals surface area contributed by atoms with Crippen LogP contribution in [-0.2, 0) is 4.75 Å². The number of thioether (sulfide) groups is 1. The average Bonchev–Trinajstić information content (AvgIpc) is 2.49. The fourth-order valence-electron chi connectivity index (χ4n) is 3.08. The zero-order valence-electron chi connectivity index (χ0n) is 16.1. The van der Waals surface area contributed by atoms with E-state index < -0.39 is 0 Å². The van der Waals surface area contributed by atoms with Gasteiger partial charge in [-0.05, 0) is 49.8 Å². The molecular weight excluding hydrogens is 330 g/mol. The second-order valence-electron chi connectivity index (χ2n) is 7.92. The first-order valence-electron chi connectivity index (χ1n) is 8.47. The molecule has 0 saturated carbocycles. The van der Waals surface area contributed by atoms with Gasteiger partial charge in [0.25, 0.3) is 5.69 Å². The summed E-state index contributed by atoms with van der Waals surface area (Å²) in [5, 5.41) is 11.0. The Hall–Kier alpha value is -1.81. The molecule has 25 heavy (non-hydrogen) atoms. The summed E-state index contributed by atoms with van der Waals surface area (Å²) in [6.07, 6.45) is 0. The maximum Gasteiger partial charge on any atom is 0.269 e. The van der Waals surface area contributed by atoms with Crippen LogP contribution in [0.25, 0.3) is 0 Å². The van der Waals surface area contributed by atoms with Crippen molar-refractivity contribution in [2.75, 3.05) is 0 Å². The van der Waals surface area contributed by atoms with E-state index in [-0.39, 0.29) is 20.8 Å². The molecule has 1 unspecified atom stereocenters. The number of nitrogens with zero attached hydrogens (tertiary/aromatic N) is 1. The molecule has 2 rings (SSSR count). The van der Waals surface area contributed by atoms with E-state index in [9.17, 15) is 10.1 Å². The second kappa shape index (κ2) is 6.83. The molecule has 0 heterocycles. The van der Waals surface area contributed by atoms with Crippen molar-refractivity contribution >= 4 is 17.4 Å². The third-order valence-corrected chi connectivity index (χ3v) is 7.08. The van der Waals surface area contributed by atoms with Gasteiger partial charge in [0.15, 0.2) is 0 Å². The lowest BCUT2D eigenvalue weighted by Crippen LogP contribution is -2.34. The Morgan fingerprint density at radius 1 is 0.920 bits per heavy atom. The van der Waals surface area contributed by atoms with Crippen molar-refractivity contribution in [2.24, 2.45) is 5.41 Å². The lowest BCUT2D eigenvalue weighted by molar-refractivity contribution is -0.384. The number of aryl methyl sites for hydroxylation is 3. The lowest BCUT2D eigenvalue weighted by atomic mass is 9.77. The average molecular weight is 358 g/mol. The van der Waals surface area contributed by atoms with Gasteiger partial charge in [0.2, 0.25) is 0 Å². The van der Waals surface area contributed by atoms with Crippen LogP contribution in [0, 0.1) is 36.3 Å². The van der Waals surface area contributed by atoms with Gasteiger partial charge in [0.1, 0.15) is 0 Å². The van der Waals surface area contributed by atoms with Crippen molar-refractivity contribution in [3.63, 3.8) is 0 Å². The monoisotopic (exact) mass is 357 g/mol. The van der Waals surface area contributed by atoms with E-state index in [4.69, 9.17) is 0 Å². The molecule has 3 nitrogen and oxygen atoms in total. The standard InChI is InChI=1S/C21H27NO2S/c1-14-12-15(2)19(16(3)13-14)25-21(7,20(4,5)6)17-8-10-18(11-9-17)22(23)24/h8-13H,1-7H3. The van der Waals surface area contributed by atoms with Gasteiger partial charge >= 0.3 is 0 Å². The summed E-state index contributed by atoms with van der Waals surface area (Å²) in [5.74, 6) is 0. The van der Waals surface area contributed by atoms with Gasteiger partial charge in [-0.2, -0.15) is 0 Å². The Labute approximate surface area is 155 Å². The maximum atomic E-state index is 11.0. The first-order chi connectivity index (χ1) is 11.5. The molecule has 0 amide bonds. The highest BCUT2D eigenvalue weighted by Crippen LogP contribution is 2.54. The summed E-state index contributed by atoms with van der Waals surface area (Å²) >= 11 is 1.86. The molecule has 134 valence electrons. The Balaban J connectivity index is 2.54. The third kappa shape index (κ3) is 3.90. The van der Waals surface area contributed by atoms with Crippen molar-refractivity contribution in [1.29, 1.82) is 0 Å². The van der Waals surface area contributed by atoms with Gasteiger partial charge in [-0.25, -0.2) is 0 Å². The van der Waals surface area contributed by atoms with Gasteiger partial charge < -0.3 is 0 Å². The van der Waals surface area contributed by atoms with Gasteiger partial charge in [-0.3, -0.25) is 10.1 Å². The zero-order valence-corrected chi connectivity index (χ0v) is 17.0.